The van der Waals surface area contributed by atoms with E-state index in [1.165, 1.54) is 6.07 Å². The molecule has 0 unspecified atom stereocenters. The second-order valence-electron chi connectivity index (χ2n) is 2.47. The van der Waals surface area contributed by atoms with Gasteiger partial charge in [-0.15, -0.1) is 0 Å². The first-order valence-electron chi connectivity index (χ1n) is 3.92. The average Bonchev–Trinajstić information content (AvgIpc) is 2.10. The zero-order chi connectivity index (χ0) is 10.7. The molecule has 76 valence electrons. The van der Waals surface area contributed by atoms with Gasteiger partial charge in [-0.05, 0) is 19.1 Å². The number of aromatic carboxylic acids is 1. The van der Waals surface area contributed by atoms with E-state index in [1.807, 2.05) is 0 Å². The van der Waals surface area contributed by atoms with Crippen LogP contribution in [0.3, 0.4) is 0 Å². The van der Waals surface area contributed by atoms with E-state index in [0.717, 1.165) is 0 Å². The van der Waals surface area contributed by atoms with Gasteiger partial charge in [0.25, 0.3) is 0 Å². The van der Waals surface area contributed by atoms with Gasteiger partial charge in [0.15, 0.2) is 0 Å². The molecule has 14 heavy (non-hydrogen) atoms. The zero-order valence-corrected chi connectivity index (χ0v) is 8.89. The van der Waals surface area contributed by atoms with E-state index >= 15 is 0 Å². The summed E-state index contributed by atoms with van der Waals surface area (Å²) in [7, 11) is 0. The van der Waals surface area contributed by atoms with Crippen LogP contribution in [0.25, 0.3) is 0 Å². The summed E-state index contributed by atoms with van der Waals surface area (Å²) in [6.07, 6.45) is 0. The van der Waals surface area contributed by atoms with Crippen LogP contribution in [0.1, 0.15) is 17.3 Å². The van der Waals surface area contributed by atoms with E-state index in [0.29, 0.717) is 12.4 Å². The van der Waals surface area contributed by atoms with Crippen molar-refractivity contribution in [2.45, 2.75) is 6.92 Å². The van der Waals surface area contributed by atoms with Crippen molar-refractivity contribution in [2.24, 2.45) is 0 Å². The number of hydrogen-bond donors (Lipinski definition) is 1. The molecule has 1 N–H and O–H groups in total. The molecule has 0 aliphatic carbocycles. The number of ether oxygens (including phenoxy) is 1. The van der Waals surface area contributed by atoms with Crippen molar-refractivity contribution in [3.63, 3.8) is 0 Å². The Morgan fingerprint density at radius 3 is 2.64 bits per heavy atom. The van der Waals surface area contributed by atoms with Crippen molar-refractivity contribution >= 4 is 29.2 Å². The van der Waals surface area contributed by atoms with Crippen LogP contribution in [0, 0.1) is 0 Å². The molecule has 1 rings (SSSR count). The van der Waals surface area contributed by atoms with Crippen LogP contribution in [-0.4, -0.2) is 17.7 Å². The molecule has 0 aromatic heterocycles. The molecule has 1 aromatic rings. The fourth-order valence-corrected chi connectivity index (χ4v) is 1.58. The minimum absolute atomic E-state index is 0.0341. The highest BCUT2D eigenvalue weighted by molar-refractivity contribution is 6.40. The zero-order valence-electron chi connectivity index (χ0n) is 7.38. The maximum absolute atomic E-state index is 10.8. The molecule has 0 aliphatic rings. The lowest BCUT2D eigenvalue weighted by Gasteiger charge is -2.08. The first-order chi connectivity index (χ1) is 6.57. The average molecular weight is 235 g/mol. The Balaban J connectivity index is 3.26. The molecule has 0 aliphatic heterocycles. The van der Waals surface area contributed by atoms with E-state index in [-0.39, 0.29) is 15.6 Å². The smallest absolute Gasteiger partial charge is 0.338 e. The minimum Gasteiger partial charge on any atom is -0.492 e. The minimum atomic E-state index is -1.17. The molecule has 0 heterocycles. The monoisotopic (exact) mass is 234 g/mol. The van der Waals surface area contributed by atoms with E-state index in [9.17, 15) is 4.79 Å². The predicted octanol–water partition coefficient (Wildman–Crippen LogP) is 3.09. The molecule has 0 bridgehead atoms. The molecule has 5 heteroatoms. The molecule has 0 radical (unpaired) electrons. The number of halogens is 2. The van der Waals surface area contributed by atoms with Gasteiger partial charge in [0.2, 0.25) is 0 Å². The summed E-state index contributed by atoms with van der Waals surface area (Å²) in [6, 6.07) is 2.99. The molecule has 3 nitrogen and oxygen atoms in total. The van der Waals surface area contributed by atoms with Crippen molar-refractivity contribution < 1.29 is 14.6 Å². The standard InChI is InChI=1S/C9H8Cl2O3/c1-2-14-6-4-3-5(10)7(8(6)11)9(12)13/h3-4H,2H2,1H3,(H,12,13). The van der Waals surface area contributed by atoms with Gasteiger partial charge in [0.05, 0.1) is 16.7 Å². The molecule has 0 saturated heterocycles. The number of carbonyl (C=O) groups is 1. The fourth-order valence-electron chi connectivity index (χ4n) is 0.996. The largest absolute Gasteiger partial charge is 0.492 e. The van der Waals surface area contributed by atoms with Gasteiger partial charge in [0, 0.05) is 0 Å². The summed E-state index contributed by atoms with van der Waals surface area (Å²) in [5, 5.41) is 8.95. The molecule has 0 amide bonds. The van der Waals surface area contributed by atoms with Crippen molar-refractivity contribution in [3.05, 3.63) is 27.7 Å². The summed E-state index contributed by atoms with van der Waals surface area (Å²) in [5.41, 5.74) is -0.126. The molecular weight excluding hydrogens is 227 g/mol. The Morgan fingerprint density at radius 1 is 1.50 bits per heavy atom. The maximum Gasteiger partial charge on any atom is 0.338 e. The van der Waals surface area contributed by atoms with E-state index in [1.54, 1.807) is 13.0 Å². The quantitative estimate of drug-likeness (QED) is 0.875. The van der Waals surface area contributed by atoms with Crippen molar-refractivity contribution in [2.75, 3.05) is 6.61 Å². The Bertz CT molecular complexity index is 363. The van der Waals surface area contributed by atoms with E-state index < -0.39 is 5.97 Å². The van der Waals surface area contributed by atoms with Crippen LogP contribution < -0.4 is 4.74 Å². The first kappa shape index (κ1) is 11.1. The van der Waals surface area contributed by atoms with E-state index in [4.69, 9.17) is 33.0 Å². The third kappa shape index (κ3) is 2.11. The Hall–Kier alpha value is -0.930. The summed E-state index contributed by atoms with van der Waals surface area (Å²) in [6.45, 7) is 2.20. The van der Waals surface area contributed by atoms with Crippen LogP contribution in [0.2, 0.25) is 10.0 Å². The van der Waals surface area contributed by atoms with Crippen LogP contribution in [0.4, 0.5) is 0 Å². The summed E-state index contributed by atoms with van der Waals surface area (Å²) < 4.78 is 5.13. The van der Waals surface area contributed by atoms with Crippen LogP contribution in [-0.2, 0) is 0 Å². The highest BCUT2D eigenvalue weighted by atomic mass is 35.5. The molecule has 0 spiro atoms. The Morgan fingerprint density at radius 2 is 2.14 bits per heavy atom. The lowest BCUT2D eigenvalue weighted by molar-refractivity contribution is 0.0697. The number of hydrogen-bond acceptors (Lipinski definition) is 2. The lowest BCUT2D eigenvalue weighted by atomic mass is 10.2. The van der Waals surface area contributed by atoms with E-state index in [2.05, 4.69) is 0 Å². The second-order valence-corrected chi connectivity index (χ2v) is 3.26. The number of benzene rings is 1. The third-order valence-corrected chi connectivity index (χ3v) is 2.26. The molecule has 1 aromatic carbocycles. The molecule has 0 saturated carbocycles. The summed E-state index contributed by atoms with van der Waals surface area (Å²) in [4.78, 5) is 10.8. The van der Waals surface area contributed by atoms with Gasteiger partial charge in [-0.2, -0.15) is 0 Å². The topological polar surface area (TPSA) is 46.5 Å². The number of carboxylic acid groups (broad SMARTS) is 1. The predicted molar refractivity (Wildman–Crippen MR) is 54.6 cm³/mol. The van der Waals surface area contributed by atoms with Crippen LogP contribution >= 0.6 is 23.2 Å². The normalized spacial score (nSPS) is 9.93. The van der Waals surface area contributed by atoms with Gasteiger partial charge in [-0.1, -0.05) is 23.2 Å². The molecule has 0 atom stereocenters. The first-order valence-corrected chi connectivity index (χ1v) is 4.67. The van der Waals surface area contributed by atoms with Crippen molar-refractivity contribution in [1.29, 1.82) is 0 Å². The van der Waals surface area contributed by atoms with Crippen LogP contribution in [0.15, 0.2) is 12.1 Å². The van der Waals surface area contributed by atoms with Crippen molar-refractivity contribution in [3.8, 4) is 5.75 Å². The highest BCUT2D eigenvalue weighted by Crippen LogP contribution is 2.33. The SMILES string of the molecule is CCOc1ccc(Cl)c(C(=O)O)c1Cl. The third-order valence-electron chi connectivity index (χ3n) is 1.57. The lowest BCUT2D eigenvalue weighted by Crippen LogP contribution is -2.01. The maximum atomic E-state index is 10.8. The summed E-state index contributed by atoms with van der Waals surface area (Å²) >= 11 is 11.5. The van der Waals surface area contributed by atoms with Crippen molar-refractivity contribution in [1.82, 2.24) is 0 Å². The van der Waals surface area contributed by atoms with Gasteiger partial charge in [0.1, 0.15) is 11.3 Å². The Labute approximate surface area is 91.2 Å². The van der Waals surface area contributed by atoms with Gasteiger partial charge >= 0.3 is 5.97 Å². The fraction of sp³-hybridized carbons (Fsp3) is 0.222. The highest BCUT2D eigenvalue weighted by Gasteiger charge is 2.17. The van der Waals surface area contributed by atoms with Gasteiger partial charge in [-0.25, -0.2) is 4.79 Å². The molecular formula is C9H8Cl2O3. The van der Waals surface area contributed by atoms with Crippen LogP contribution in [0.5, 0.6) is 5.75 Å². The number of carboxylic acids is 1. The van der Waals surface area contributed by atoms with Gasteiger partial charge in [-0.3, -0.25) is 0 Å². The number of rotatable bonds is 3. The summed E-state index contributed by atoms with van der Waals surface area (Å²) in [5.74, 6) is -0.836. The Kier molecular flexibility index (Phi) is 3.61. The van der Waals surface area contributed by atoms with Gasteiger partial charge < -0.3 is 9.84 Å². The second kappa shape index (κ2) is 4.53. The molecule has 0 fully saturated rings.